The summed E-state index contributed by atoms with van der Waals surface area (Å²) in [6.45, 7) is 8.56. The molecule has 0 saturated carbocycles. The van der Waals surface area contributed by atoms with Gasteiger partial charge in [0.05, 0.1) is 5.60 Å². The van der Waals surface area contributed by atoms with Crippen LogP contribution >= 0.6 is 0 Å². The fraction of sp³-hybridized carbons (Fsp3) is 0.733. The van der Waals surface area contributed by atoms with Gasteiger partial charge in [-0.05, 0) is 58.8 Å². The zero-order valence-corrected chi connectivity index (χ0v) is 11.2. The van der Waals surface area contributed by atoms with Crippen molar-refractivity contribution in [3.05, 3.63) is 23.3 Å². The highest BCUT2D eigenvalue weighted by molar-refractivity contribution is 5.14. The van der Waals surface area contributed by atoms with Crippen molar-refractivity contribution in [1.82, 2.24) is 0 Å². The molecule has 0 saturated heterocycles. The Balaban J connectivity index is 2.55. The number of aliphatic hydroxyl groups is 1. The van der Waals surface area contributed by atoms with Crippen molar-refractivity contribution in [3.8, 4) is 0 Å². The van der Waals surface area contributed by atoms with Crippen molar-refractivity contribution in [2.75, 3.05) is 0 Å². The second kappa shape index (κ2) is 5.67. The van der Waals surface area contributed by atoms with Gasteiger partial charge in [-0.15, -0.1) is 0 Å². The van der Waals surface area contributed by atoms with Crippen LogP contribution in [0.3, 0.4) is 0 Å². The van der Waals surface area contributed by atoms with Gasteiger partial charge in [0, 0.05) is 0 Å². The van der Waals surface area contributed by atoms with Crippen LogP contribution in [0, 0.1) is 5.92 Å². The fourth-order valence-corrected chi connectivity index (χ4v) is 2.48. The van der Waals surface area contributed by atoms with Crippen LogP contribution in [0.15, 0.2) is 23.3 Å². The van der Waals surface area contributed by atoms with Crippen molar-refractivity contribution >= 4 is 0 Å². The van der Waals surface area contributed by atoms with Crippen LogP contribution in [0.2, 0.25) is 0 Å². The molecule has 0 aromatic heterocycles. The first-order valence-electron chi connectivity index (χ1n) is 6.48. The number of allylic oxidation sites excluding steroid dienone is 3. The van der Waals surface area contributed by atoms with Gasteiger partial charge in [-0.1, -0.05) is 30.2 Å². The lowest BCUT2D eigenvalue weighted by molar-refractivity contribution is 0.0171. The topological polar surface area (TPSA) is 20.2 Å². The van der Waals surface area contributed by atoms with Crippen molar-refractivity contribution in [1.29, 1.82) is 0 Å². The first-order valence-corrected chi connectivity index (χ1v) is 6.48. The number of hydrogen-bond donors (Lipinski definition) is 1. The first-order chi connectivity index (χ1) is 7.44. The summed E-state index contributed by atoms with van der Waals surface area (Å²) in [6.07, 6.45) is 9.74. The highest BCUT2D eigenvalue weighted by Crippen LogP contribution is 2.34. The van der Waals surface area contributed by atoms with Crippen molar-refractivity contribution in [3.63, 3.8) is 0 Å². The highest BCUT2D eigenvalue weighted by atomic mass is 16.3. The smallest absolute Gasteiger partial charge is 0.0855 e. The molecule has 0 aliphatic heterocycles. The van der Waals surface area contributed by atoms with Gasteiger partial charge in [-0.25, -0.2) is 0 Å². The van der Waals surface area contributed by atoms with Crippen LogP contribution in [0.25, 0.3) is 0 Å². The van der Waals surface area contributed by atoms with Crippen LogP contribution < -0.4 is 0 Å². The van der Waals surface area contributed by atoms with E-state index in [1.165, 1.54) is 11.1 Å². The van der Waals surface area contributed by atoms with Crippen LogP contribution in [-0.2, 0) is 0 Å². The van der Waals surface area contributed by atoms with E-state index in [4.69, 9.17) is 0 Å². The van der Waals surface area contributed by atoms with E-state index in [-0.39, 0.29) is 0 Å². The summed E-state index contributed by atoms with van der Waals surface area (Å²) in [6, 6.07) is 0. The normalized spacial score (nSPS) is 27.2. The van der Waals surface area contributed by atoms with E-state index in [0.29, 0.717) is 5.92 Å². The average Bonchev–Trinajstić information content (AvgIpc) is 2.16. The Bertz CT molecular complexity index is 284. The largest absolute Gasteiger partial charge is 0.386 e. The molecule has 0 heterocycles. The molecule has 1 N–H and O–H groups in total. The molecule has 92 valence electrons. The second-order valence-corrected chi connectivity index (χ2v) is 5.60. The van der Waals surface area contributed by atoms with Crippen molar-refractivity contribution < 1.29 is 5.11 Å². The monoisotopic (exact) mass is 222 g/mol. The van der Waals surface area contributed by atoms with Crippen LogP contribution in [-0.4, -0.2) is 10.7 Å². The lowest BCUT2D eigenvalue weighted by Crippen LogP contribution is -2.36. The molecule has 1 heteroatoms. The third-order valence-corrected chi connectivity index (χ3v) is 3.65. The van der Waals surface area contributed by atoms with Gasteiger partial charge >= 0.3 is 0 Å². The SMILES string of the molecule is CC(C)=CCCC(C)[C@@]1(O)C=C(C)CCC1. The van der Waals surface area contributed by atoms with Crippen molar-refractivity contribution in [2.24, 2.45) is 5.92 Å². The Morgan fingerprint density at radius 1 is 1.56 bits per heavy atom. The Labute approximate surface area is 100 Å². The lowest BCUT2D eigenvalue weighted by Gasteiger charge is -2.35. The van der Waals surface area contributed by atoms with Gasteiger partial charge in [0.1, 0.15) is 0 Å². The van der Waals surface area contributed by atoms with Gasteiger partial charge < -0.3 is 5.11 Å². The number of hydrogen-bond acceptors (Lipinski definition) is 1. The maximum Gasteiger partial charge on any atom is 0.0855 e. The molecule has 1 nitrogen and oxygen atoms in total. The van der Waals surface area contributed by atoms with Gasteiger partial charge in [-0.3, -0.25) is 0 Å². The third-order valence-electron chi connectivity index (χ3n) is 3.65. The molecule has 0 spiro atoms. The summed E-state index contributed by atoms with van der Waals surface area (Å²) < 4.78 is 0. The summed E-state index contributed by atoms with van der Waals surface area (Å²) in [5.41, 5.74) is 2.18. The molecule has 0 amide bonds. The molecular formula is C15H26O. The van der Waals surface area contributed by atoms with E-state index < -0.39 is 5.60 Å². The van der Waals surface area contributed by atoms with Gasteiger partial charge in [0.2, 0.25) is 0 Å². The molecule has 0 fully saturated rings. The Kier molecular flexibility index (Phi) is 4.79. The predicted octanol–water partition coefficient (Wildman–Crippen LogP) is 4.23. The quantitative estimate of drug-likeness (QED) is 0.706. The maximum absolute atomic E-state index is 10.6. The van der Waals surface area contributed by atoms with E-state index in [2.05, 4.69) is 39.8 Å². The van der Waals surface area contributed by atoms with Crippen LogP contribution in [0.5, 0.6) is 0 Å². The van der Waals surface area contributed by atoms with Gasteiger partial charge in [0.15, 0.2) is 0 Å². The Morgan fingerprint density at radius 3 is 2.81 bits per heavy atom. The molecule has 0 bridgehead atoms. The van der Waals surface area contributed by atoms with E-state index in [1.54, 1.807) is 0 Å². The second-order valence-electron chi connectivity index (χ2n) is 5.60. The zero-order chi connectivity index (χ0) is 12.2. The summed E-state index contributed by atoms with van der Waals surface area (Å²) in [7, 11) is 0. The van der Waals surface area contributed by atoms with Gasteiger partial charge in [0.25, 0.3) is 0 Å². The van der Waals surface area contributed by atoms with Gasteiger partial charge in [-0.2, -0.15) is 0 Å². The molecular weight excluding hydrogens is 196 g/mol. The van der Waals surface area contributed by atoms with Crippen LogP contribution in [0.4, 0.5) is 0 Å². The Morgan fingerprint density at radius 2 is 2.25 bits per heavy atom. The molecule has 0 aromatic carbocycles. The summed E-state index contributed by atoms with van der Waals surface area (Å²) in [5.74, 6) is 0.360. The van der Waals surface area contributed by atoms with Crippen LogP contribution in [0.1, 0.15) is 59.8 Å². The lowest BCUT2D eigenvalue weighted by atomic mass is 9.77. The average molecular weight is 222 g/mol. The van der Waals surface area contributed by atoms with E-state index in [1.807, 2.05) is 0 Å². The summed E-state index contributed by atoms with van der Waals surface area (Å²) in [5, 5.41) is 10.6. The van der Waals surface area contributed by atoms with E-state index in [0.717, 1.165) is 32.1 Å². The third kappa shape index (κ3) is 3.79. The standard InChI is InChI=1S/C15H26O/c1-12(2)7-5-9-14(4)15(16)10-6-8-13(3)11-15/h7,11,14,16H,5-6,8-10H2,1-4H3/t14?,15-/m0/s1. The maximum atomic E-state index is 10.6. The minimum Gasteiger partial charge on any atom is -0.386 e. The molecule has 1 unspecified atom stereocenters. The molecule has 2 atom stereocenters. The van der Waals surface area contributed by atoms with E-state index >= 15 is 0 Å². The molecule has 1 aliphatic rings. The first kappa shape index (κ1) is 13.5. The fourth-order valence-electron chi connectivity index (χ4n) is 2.48. The minimum absolute atomic E-state index is 0.360. The Hall–Kier alpha value is -0.560. The van der Waals surface area contributed by atoms with Crippen molar-refractivity contribution in [2.45, 2.75) is 65.4 Å². The van der Waals surface area contributed by atoms with E-state index in [9.17, 15) is 5.11 Å². The minimum atomic E-state index is -0.544. The highest BCUT2D eigenvalue weighted by Gasteiger charge is 2.32. The summed E-state index contributed by atoms with van der Waals surface area (Å²) >= 11 is 0. The predicted molar refractivity (Wildman–Crippen MR) is 70.4 cm³/mol. The summed E-state index contributed by atoms with van der Waals surface area (Å²) in [4.78, 5) is 0. The number of rotatable bonds is 4. The molecule has 16 heavy (non-hydrogen) atoms. The molecule has 0 aromatic rings. The molecule has 1 aliphatic carbocycles. The molecule has 1 rings (SSSR count). The molecule has 0 radical (unpaired) electrons. The zero-order valence-electron chi connectivity index (χ0n) is 11.2.